The maximum absolute atomic E-state index is 10.4. The van der Waals surface area contributed by atoms with Crippen LogP contribution in [0.15, 0.2) is 0 Å². The highest BCUT2D eigenvalue weighted by Gasteiger charge is 2.48. The van der Waals surface area contributed by atoms with Crippen molar-refractivity contribution >= 4 is 23.5 Å². The summed E-state index contributed by atoms with van der Waals surface area (Å²) in [6.07, 6.45) is -16.0. The zero-order valence-corrected chi connectivity index (χ0v) is 20.3. The van der Waals surface area contributed by atoms with E-state index in [2.05, 4.69) is 0 Å². The highest BCUT2D eigenvalue weighted by Crippen LogP contribution is 2.37. The minimum Gasteiger partial charge on any atom is -0.395 e. The molecule has 3 aliphatic rings. The number of rotatable bonds is 8. The second-order valence-corrected chi connectivity index (χ2v) is 11.3. The van der Waals surface area contributed by atoms with E-state index in [4.69, 9.17) is 18.9 Å². The average Bonchev–Trinajstić information content (AvgIpc) is 2.85. The van der Waals surface area contributed by atoms with E-state index >= 15 is 0 Å². The molecule has 3 rings (SSSR count). The lowest BCUT2D eigenvalue weighted by molar-refractivity contribution is -0.297. The summed E-state index contributed by atoms with van der Waals surface area (Å²) in [6, 6.07) is 0. The van der Waals surface area contributed by atoms with E-state index in [0.29, 0.717) is 0 Å². The summed E-state index contributed by atoms with van der Waals surface area (Å²) in [4.78, 5) is 0. The highest BCUT2D eigenvalue weighted by molar-refractivity contribution is 8.00. The molecule has 0 amide bonds. The summed E-state index contributed by atoms with van der Waals surface area (Å²) >= 11 is 1.82. The van der Waals surface area contributed by atoms with Gasteiger partial charge in [0.1, 0.15) is 59.7 Å². The summed E-state index contributed by atoms with van der Waals surface area (Å²) in [7, 11) is 1.24. The molecule has 0 aromatic rings. The van der Waals surface area contributed by atoms with Crippen molar-refractivity contribution in [3.05, 3.63) is 0 Å². The Morgan fingerprint density at radius 2 is 1.09 bits per heavy atom. The second-order valence-electron chi connectivity index (χ2n) is 8.63. The number of hydrogen-bond donors (Lipinski definition) is 10. The Hall–Kier alpha value is 0.140. The van der Waals surface area contributed by atoms with Crippen LogP contribution in [-0.4, -0.2) is 167 Å². The second kappa shape index (κ2) is 12.8. The number of aliphatic hydroxyl groups excluding tert-OH is 10. The van der Waals surface area contributed by atoms with Crippen molar-refractivity contribution in [1.29, 1.82) is 0 Å². The molecule has 0 aromatic heterocycles. The van der Waals surface area contributed by atoms with Gasteiger partial charge >= 0.3 is 0 Å². The highest BCUT2D eigenvalue weighted by atomic mass is 32.2. The summed E-state index contributed by atoms with van der Waals surface area (Å²) in [5.74, 6) is 0. The van der Waals surface area contributed by atoms with Crippen LogP contribution >= 0.6 is 23.5 Å². The van der Waals surface area contributed by atoms with Crippen LogP contribution in [-0.2, 0) is 18.9 Å². The zero-order chi connectivity index (χ0) is 26.0. The van der Waals surface area contributed by atoms with Crippen molar-refractivity contribution in [1.82, 2.24) is 0 Å². The summed E-state index contributed by atoms with van der Waals surface area (Å²) < 4.78 is 21.5. The van der Waals surface area contributed by atoms with Crippen molar-refractivity contribution in [2.75, 3.05) is 26.9 Å². The first-order valence-corrected chi connectivity index (χ1v) is 12.9. The normalized spacial score (nSPS) is 51.3. The van der Waals surface area contributed by atoms with Crippen molar-refractivity contribution in [3.8, 4) is 0 Å². The maximum Gasteiger partial charge on any atom is 0.186 e. The van der Waals surface area contributed by atoms with Crippen LogP contribution in [0.1, 0.15) is 0 Å². The molecule has 14 nitrogen and oxygen atoms in total. The third-order valence-electron chi connectivity index (χ3n) is 6.27. The van der Waals surface area contributed by atoms with E-state index in [1.165, 1.54) is 7.11 Å². The molecular weight excluding hydrogens is 516 g/mol. The van der Waals surface area contributed by atoms with Gasteiger partial charge in [0, 0.05) is 7.11 Å². The van der Waals surface area contributed by atoms with Gasteiger partial charge in [-0.15, -0.1) is 23.5 Å². The van der Waals surface area contributed by atoms with Gasteiger partial charge < -0.3 is 70.0 Å². The Balaban J connectivity index is 1.59. The van der Waals surface area contributed by atoms with Crippen LogP contribution in [0.5, 0.6) is 0 Å². The number of thioether (sulfide) groups is 2. The van der Waals surface area contributed by atoms with E-state index in [0.717, 1.165) is 23.5 Å². The lowest BCUT2D eigenvalue weighted by atomic mass is 9.99. The molecule has 3 aliphatic heterocycles. The van der Waals surface area contributed by atoms with Gasteiger partial charge in [0.25, 0.3) is 0 Å². The summed E-state index contributed by atoms with van der Waals surface area (Å²) in [6.45, 7) is -1.10. The first kappa shape index (κ1) is 29.7. The summed E-state index contributed by atoms with van der Waals surface area (Å²) in [5.41, 5.74) is -2.17. The van der Waals surface area contributed by atoms with E-state index in [-0.39, 0.29) is 13.2 Å². The van der Waals surface area contributed by atoms with E-state index in [1.54, 1.807) is 0 Å². The fraction of sp³-hybridized carbons (Fsp3) is 1.00. The first-order valence-electron chi connectivity index (χ1n) is 11.0. The summed E-state index contributed by atoms with van der Waals surface area (Å²) in [5, 5.41) is 98.8. The molecule has 0 saturated carbocycles. The molecule has 206 valence electrons. The maximum atomic E-state index is 10.4. The van der Waals surface area contributed by atoms with Gasteiger partial charge in [0.15, 0.2) is 6.29 Å². The van der Waals surface area contributed by atoms with E-state index in [9.17, 15) is 51.1 Å². The Bertz CT molecular complexity index is 609. The van der Waals surface area contributed by atoms with Crippen molar-refractivity contribution in [2.24, 2.45) is 0 Å². The fourth-order valence-electron chi connectivity index (χ4n) is 4.03. The van der Waals surface area contributed by atoms with Gasteiger partial charge in [-0.25, -0.2) is 0 Å². The molecule has 0 bridgehead atoms. The molecule has 0 aliphatic carbocycles. The van der Waals surface area contributed by atoms with Gasteiger partial charge in [-0.05, 0) is 0 Å². The van der Waals surface area contributed by atoms with Crippen molar-refractivity contribution in [3.63, 3.8) is 0 Å². The third-order valence-corrected chi connectivity index (χ3v) is 9.18. The number of hydrogen-bond acceptors (Lipinski definition) is 16. The van der Waals surface area contributed by atoms with Gasteiger partial charge in [0.05, 0.1) is 42.5 Å². The predicted octanol–water partition coefficient (Wildman–Crippen LogP) is -5.49. The number of ether oxygens (including phenoxy) is 4. The molecule has 15 atom stereocenters. The molecule has 10 N–H and O–H groups in total. The number of aliphatic hydroxyl groups is 10. The lowest BCUT2D eigenvalue weighted by Crippen LogP contribution is -2.60. The Morgan fingerprint density at radius 1 is 0.600 bits per heavy atom. The van der Waals surface area contributed by atoms with Gasteiger partial charge in [-0.2, -0.15) is 0 Å². The molecule has 35 heavy (non-hydrogen) atoms. The molecule has 0 aromatic carbocycles. The molecule has 0 spiro atoms. The third kappa shape index (κ3) is 6.42. The molecular formula is C19H34O14S2. The van der Waals surface area contributed by atoms with Crippen molar-refractivity contribution in [2.45, 2.75) is 88.7 Å². The SMILES string of the molecule is CO[C@H]1O[C@H](CO[C@@H]2S[C@H](CO[C@H]3S[C@H](CO)[C@@H](O)[C@H](O)[C@H]3O)[C@@H](O)[C@H](O)[C@H]2O)[C@@H](O)[C@H](O)[C@H]1O. The van der Waals surface area contributed by atoms with Gasteiger partial charge in [-0.3, -0.25) is 0 Å². The smallest absolute Gasteiger partial charge is 0.186 e. The monoisotopic (exact) mass is 550 g/mol. The largest absolute Gasteiger partial charge is 0.395 e. The Kier molecular flexibility index (Phi) is 10.9. The Labute approximate surface area is 209 Å². The lowest BCUT2D eigenvalue weighted by Gasteiger charge is -2.43. The molecule has 0 radical (unpaired) electrons. The van der Waals surface area contributed by atoms with Crippen LogP contribution < -0.4 is 0 Å². The molecule has 3 heterocycles. The van der Waals surface area contributed by atoms with Crippen LogP contribution in [0, 0.1) is 0 Å². The standard InChI is InChI=1S/C19H34O14S2/c1-30-17-14(27)11(24)8(21)5(33-17)3-31-18-16(29)13(26)10(23)7(35-18)4-32-19-15(28)12(25)9(22)6(2-20)34-19/h5-29H,2-4H2,1H3/t5-,6-,7-,8-,9-,10-,11+,12+,13+,14-,15-,16-,17+,18-,19+/m1/s1. The van der Waals surface area contributed by atoms with Gasteiger partial charge in [-0.1, -0.05) is 0 Å². The molecule has 16 heteroatoms. The molecule has 3 saturated heterocycles. The van der Waals surface area contributed by atoms with Crippen LogP contribution in [0.3, 0.4) is 0 Å². The quantitative estimate of drug-likeness (QED) is 0.136. The topological polar surface area (TPSA) is 239 Å². The fourth-order valence-corrected chi connectivity index (χ4v) is 6.56. The van der Waals surface area contributed by atoms with E-state index < -0.39 is 95.3 Å². The van der Waals surface area contributed by atoms with Crippen LogP contribution in [0.2, 0.25) is 0 Å². The minimum absolute atomic E-state index is 0.260. The Morgan fingerprint density at radius 3 is 1.63 bits per heavy atom. The van der Waals surface area contributed by atoms with Crippen LogP contribution in [0.4, 0.5) is 0 Å². The minimum atomic E-state index is -1.63. The van der Waals surface area contributed by atoms with E-state index in [1.807, 2.05) is 0 Å². The zero-order valence-electron chi connectivity index (χ0n) is 18.7. The predicted molar refractivity (Wildman–Crippen MR) is 119 cm³/mol. The van der Waals surface area contributed by atoms with Crippen LogP contribution in [0.25, 0.3) is 0 Å². The molecule has 0 unspecified atom stereocenters. The van der Waals surface area contributed by atoms with Crippen molar-refractivity contribution < 1.29 is 70.0 Å². The average molecular weight is 551 g/mol. The van der Waals surface area contributed by atoms with Gasteiger partial charge in [0.2, 0.25) is 0 Å². The first-order chi connectivity index (χ1) is 16.5. The molecule has 3 fully saturated rings. The number of methoxy groups -OCH3 is 1.